The van der Waals surface area contributed by atoms with Crippen LogP contribution >= 0.6 is 22.6 Å². The molecule has 19 heavy (non-hydrogen) atoms. The summed E-state index contributed by atoms with van der Waals surface area (Å²) in [7, 11) is 0. The van der Waals surface area contributed by atoms with Crippen molar-refractivity contribution in [1.29, 1.82) is 0 Å². The third-order valence-corrected chi connectivity index (χ3v) is 3.55. The molecule has 98 valence electrons. The van der Waals surface area contributed by atoms with Gasteiger partial charge < -0.3 is 4.74 Å². The van der Waals surface area contributed by atoms with E-state index in [0.717, 1.165) is 6.42 Å². The van der Waals surface area contributed by atoms with E-state index in [-0.39, 0.29) is 5.97 Å². The molecule has 0 atom stereocenters. The second-order valence-electron chi connectivity index (χ2n) is 4.29. The second kappa shape index (κ2) is 6.70. The summed E-state index contributed by atoms with van der Waals surface area (Å²) in [5, 5.41) is 0. The van der Waals surface area contributed by atoms with E-state index in [1.54, 1.807) is 0 Å². The first kappa shape index (κ1) is 14.1. The predicted molar refractivity (Wildman–Crippen MR) is 84.9 cm³/mol. The van der Waals surface area contributed by atoms with E-state index in [0.29, 0.717) is 6.61 Å². The van der Waals surface area contributed by atoms with Crippen molar-refractivity contribution < 1.29 is 9.53 Å². The summed E-state index contributed by atoms with van der Waals surface area (Å²) in [6.07, 6.45) is 0.756. The van der Waals surface area contributed by atoms with Gasteiger partial charge in [-0.25, -0.2) is 0 Å². The first-order valence-electron chi connectivity index (χ1n) is 6.13. The zero-order chi connectivity index (χ0) is 13.7. The molecule has 2 nitrogen and oxygen atoms in total. The number of hydrogen-bond acceptors (Lipinski definition) is 2. The van der Waals surface area contributed by atoms with E-state index in [9.17, 15) is 4.79 Å². The van der Waals surface area contributed by atoms with Gasteiger partial charge in [0.2, 0.25) is 0 Å². The number of carbonyl (C=O) groups is 1. The summed E-state index contributed by atoms with van der Waals surface area (Å²) >= 11 is 2.30. The molecule has 2 rings (SSSR count). The van der Waals surface area contributed by atoms with Crippen LogP contribution in [0.15, 0.2) is 48.5 Å². The minimum absolute atomic E-state index is 0.226. The number of rotatable bonds is 4. The van der Waals surface area contributed by atoms with Crippen molar-refractivity contribution in [1.82, 2.24) is 0 Å². The maximum absolute atomic E-state index is 10.7. The monoisotopic (exact) mass is 366 g/mol. The first-order valence-corrected chi connectivity index (χ1v) is 7.21. The van der Waals surface area contributed by atoms with Crippen molar-refractivity contribution in [3.05, 3.63) is 57.7 Å². The Balaban J connectivity index is 2.02. The molecule has 0 unspecified atom stereocenters. The standard InChI is InChI=1S/C16H15IO2/c1-12(18)19-11-10-13-2-4-14(5-3-13)15-6-8-16(17)9-7-15/h2-9H,10-11H2,1H3. The largest absolute Gasteiger partial charge is 0.466 e. The molecule has 0 N–H and O–H groups in total. The fraction of sp³-hybridized carbons (Fsp3) is 0.188. The van der Waals surface area contributed by atoms with Gasteiger partial charge in [0.15, 0.2) is 0 Å². The lowest BCUT2D eigenvalue weighted by atomic mass is 10.0. The van der Waals surface area contributed by atoms with Crippen molar-refractivity contribution >= 4 is 28.6 Å². The zero-order valence-corrected chi connectivity index (χ0v) is 12.9. The van der Waals surface area contributed by atoms with Crippen LogP contribution in [0.2, 0.25) is 0 Å². The Morgan fingerprint density at radius 3 is 2.05 bits per heavy atom. The number of halogens is 1. The van der Waals surface area contributed by atoms with Crippen LogP contribution in [0.4, 0.5) is 0 Å². The number of benzene rings is 2. The Bertz CT molecular complexity index is 544. The van der Waals surface area contributed by atoms with Gasteiger partial charge in [0, 0.05) is 16.9 Å². The highest BCUT2D eigenvalue weighted by Gasteiger charge is 1.99. The van der Waals surface area contributed by atoms with Crippen molar-refractivity contribution in [2.75, 3.05) is 6.61 Å². The molecule has 0 aliphatic rings. The maximum Gasteiger partial charge on any atom is 0.302 e. The molecule has 0 aliphatic heterocycles. The maximum atomic E-state index is 10.7. The summed E-state index contributed by atoms with van der Waals surface area (Å²) in [6, 6.07) is 16.8. The minimum atomic E-state index is -0.226. The lowest BCUT2D eigenvalue weighted by molar-refractivity contribution is -0.140. The molecule has 0 heterocycles. The summed E-state index contributed by atoms with van der Waals surface area (Å²) in [5.41, 5.74) is 3.59. The summed E-state index contributed by atoms with van der Waals surface area (Å²) < 4.78 is 6.17. The minimum Gasteiger partial charge on any atom is -0.466 e. The molecule has 0 spiro atoms. The van der Waals surface area contributed by atoms with Crippen LogP contribution in [0.5, 0.6) is 0 Å². The Morgan fingerprint density at radius 1 is 1.00 bits per heavy atom. The Hall–Kier alpha value is -1.36. The topological polar surface area (TPSA) is 26.3 Å². The van der Waals surface area contributed by atoms with Crippen LogP contribution in [0.25, 0.3) is 11.1 Å². The van der Waals surface area contributed by atoms with E-state index in [1.165, 1.54) is 27.2 Å². The van der Waals surface area contributed by atoms with E-state index < -0.39 is 0 Å². The van der Waals surface area contributed by atoms with Crippen molar-refractivity contribution in [3.8, 4) is 11.1 Å². The van der Waals surface area contributed by atoms with Gasteiger partial charge in [-0.3, -0.25) is 4.79 Å². The fourth-order valence-electron chi connectivity index (χ4n) is 1.82. The molecule has 3 heteroatoms. The third-order valence-electron chi connectivity index (χ3n) is 2.83. The van der Waals surface area contributed by atoms with Crippen LogP contribution in [-0.4, -0.2) is 12.6 Å². The fourth-order valence-corrected chi connectivity index (χ4v) is 2.18. The van der Waals surface area contributed by atoms with Gasteiger partial charge in [0.25, 0.3) is 0 Å². The predicted octanol–water partition coefficient (Wildman–Crippen LogP) is 4.06. The van der Waals surface area contributed by atoms with Gasteiger partial charge in [-0.15, -0.1) is 0 Å². The van der Waals surface area contributed by atoms with Gasteiger partial charge >= 0.3 is 5.97 Å². The van der Waals surface area contributed by atoms with Gasteiger partial charge in [-0.1, -0.05) is 36.4 Å². The molecule has 2 aromatic carbocycles. The Labute approximate surface area is 126 Å². The van der Waals surface area contributed by atoms with Gasteiger partial charge in [-0.2, -0.15) is 0 Å². The summed E-state index contributed by atoms with van der Waals surface area (Å²) in [5.74, 6) is -0.226. The van der Waals surface area contributed by atoms with Crippen molar-refractivity contribution in [3.63, 3.8) is 0 Å². The smallest absolute Gasteiger partial charge is 0.302 e. The Kier molecular flexibility index (Phi) is 4.96. The van der Waals surface area contributed by atoms with Crippen molar-refractivity contribution in [2.45, 2.75) is 13.3 Å². The zero-order valence-electron chi connectivity index (χ0n) is 10.7. The van der Waals surface area contributed by atoms with Crippen LogP contribution in [-0.2, 0) is 16.0 Å². The van der Waals surface area contributed by atoms with Crippen LogP contribution in [0, 0.1) is 3.57 Å². The van der Waals surface area contributed by atoms with Crippen LogP contribution < -0.4 is 0 Å². The van der Waals surface area contributed by atoms with Crippen LogP contribution in [0.3, 0.4) is 0 Å². The summed E-state index contributed by atoms with van der Waals surface area (Å²) in [4.78, 5) is 10.7. The highest BCUT2D eigenvalue weighted by Crippen LogP contribution is 2.21. The SMILES string of the molecule is CC(=O)OCCc1ccc(-c2ccc(I)cc2)cc1. The van der Waals surface area contributed by atoms with E-state index in [2.05, 4.69) is 71.1 Å². The molecular formula is C16H15IO2. The lowest BCUT2D eigenvalue weighted by Crippen LogP contribution is -2.03. The highest BCUT2D eigenvalue weighted by molar-refractivity contribution is 14.1. The normalized spacial score (nSPS) is 10.2. The number of hydrogen-bond donors (Lipinski definition) is 0. The lowest BCUT2D eigenvalue weighted by Gasteiger charge is -2.05. The average molecular weight is 366 g/mol. The molecule has 2 aromatic rings. The van der Waals surface area contributed by atoms with Gasteiger partial charge in [-0.05, 0) is 51.4 Å². The van der Waals surface area contributed by atoms with E-state index in [4.69, 9.17) is 4.74 Å². The molecule has 0 fully saturated rings. The molecule has 0 aromatic heterocycles. The van der Waals surface area contributed by atoms with Gasteiger partial charge in [0.1, 0.15) is 0 Å². The van der Waals surface area contributed by atoms with Crippen LogP contribution in [0.1, 0.15) is 12.5 Å². The number of carbonyl (C=O) groups excluding carboxylic acids is 1. The summed E-state index contributed by atoms with van der Waals surface area (Å²) in [6.45, 7) is 1.87. The molecule has 0 radical (unpaired) electrons. The van der Waals surface area contributed by atoms with Gasteiger partial charge in [0.05, 0.1) is 6.61 Å². The number of esters is 1. The molecule has 0 amide bonds. The second-order valence-corrected chi connectivity index (χ2v) is 5.54. The van der Waals surface area contributed by atoms with E-state index >= 15 is 0 Å². The Morgan fingerprint density at radius 2 is 1.53 bits per heavy atom. The molecule has 0 bridgehead atoms. The molecule has 0 saturated heterocycles. The number of ether oxygens (including phenoxy) is 1. The van der Waals surface area contributed by atoms with E-state index in [1.807, 2.05) is 0 Å². The molecular weight excluding hydrogens is 351 g/mol. The molecule has 0 saturated carbocycles. The molecule has 0 aliphatic carbocycles. The third kappa shape index (κ3) is 4.35. The highest BCUT2D eigenvalue weighted by atomic mass is 127. The quantitative estimate of drug-likeness (QED) is 0.603. The average Bonchev–Trinajstić information content (AvgIpc) is 2.40. The first-order chi connectivity index (χ1) is 9.15. The van der Waals surface area contributed by atoms with Crippen molar-refractivity contribution in [2.24, 2.45) is 0 Å².